The highest BCUT2D eigenvalue weighted by Gasteiger charge is 2.22. The first-order chi connectivity index (χ1) is 11.8. The normalized spacial score (nSPS) is 20.7. The molecule has 0 N–H and O–H groups in total. The SMILES string of the molecule is C=CCOC[C@H]1CC[C@H](c2ccc(-c3ccc(C)cc3)cc2)CC1. The Labute approximate surface area is 146 Å². The van der Waals surface area contributed by atoms with Gasteiger partial charge < -0.3 is 4.74 Å². The van der Waals surface area contributed by atoms with Crippen molar-refractivity contribution >= 4 is 0 Å². The molecule has 2 aromatic carbocycles. The predicted octanol–water partition coefficient (Wildman–Crippen LogP) is 6.14. The molecule has 0 aromatic heterocycles. The van der Waals surface area contributed by atoms with Crippen LogP contribution in [0.3, 0.4) is 0 Å². The highest BCUT2D eigenvalue weighted by molar-refractivity contribution is 5.64. The van der Waals surface area contributed by atoms with Gasteiger partial charge in [-0.3, -0.25) is 0 Å². The summed E-state index contributed by atoms with van der Waals surface area (Å²) in [4.78, 5) is 0. The quantitative estimate of drug-likeness (QED) is 0.459. The molecule has 0 amide bonds. The van der Waals surface area contributed by atoms with Gasteiger partial charge in [-0.2, -0.15) is 0 Å². The van der Waals surface area contributed by atoms with Crippen LogP contribution < -0.4 is 0 Å². The standard InChI is InChI=1S/C23H28O/c1-3-16-24-17-19-6-10-21(11-7-19)23-14-12-22(13-15-23)20-8-4-18(2)5-9-20/h3-5,8-9,12-15,19,21H,1,6-7,10-11,16-17H2,2H3/t19-,21-. The topological polar surface area (TPSA) is 9.23 Å². The Balaban J connectivity index is 1.56. The van der Waals surface area contributed by atoms with Gasteiger partial charge in [-0.05, 0) is 61.1 Å². The molecule has 2 aromatic rings. The third-order valence-electron chi connectivity index (χ3n) is 5.20. The predicted molar refractivity (Wildman–Crippen MR) is 102 cm³/mol. The fourth-order valence-electron chi connectivity index (χ4n) is 3.67. The molecule has 0 aliphatic heterocycles. The second kappa shape index (κ2) is 8.30. The van der Waals surface area contributed by atoms with Crippen molar-refractivity contribution in [3.8, 4) is 11.1 Å². The van der Waals surface area contributed by atoms with E-state index in [1.54, 1.807) is 0 Å². The summed E-state index contributed by atoms with van der Waals surface area (Å²) in [5.41, 5.74) is 5.42. The molecule has 0 unspecified atom stereocenters. The number of ether oxygens (including phenoxy) is 1. The van der Waals surface area contributed by atoms with Crippen LogP contribution in [0.15, 0.2) is 61.2 Å². The van der Waals surface area contributed by atoms with Crippen LogP contribution in [-0.2, 0) is 4.74 Å². The molecule has 1 heteroatoms. The molecule has 3 rings (SSSR count). The molecule has 24 heavy (non-hydrogen) atoms. The Kier molecular flexibility index (Phi) is 5.87. The number of hydrogen-bond acceptors (Lipinski definition) is 1. The molecule has 0 saturated heterocycles. The molecule has 1 aliphatic rings. The van der Waals surface area contributed by atoms with E-state index < -0.39 is 0 Å². The molecule has 1 saturated carbocycles. The lowest BCUT2D eigenvalue weighted by atomic mass is 9.79. The third kappa shape index (κ3) is 4.36. The maximum Gasteiger partial charge on any atom is 0.0644 e. The van der Waals surface area contributed by atoms with E-state index in [1.807, 2.05) is 6.08 Å². The Morgan fingerprint density at radius 3 is 2.08 bits per heavy atom. The van der Waals surface area contributed by atoms with E-state index in [0.717, 1.165) is 12.5 Å². The molecule has 0 bridgehead atoms. The fourth-order valence-corrected chi connectivity index (χ4v) is 3.67. The van der Waals surface area contributed by atoms with Gasteiger partial charge in [-0.25, -0.2) is 0 Å². The van der Waals surface area contributed by atoms with E-state index in [0.29, 0.717) is 12.5 Å². The van der Waals surface area contributed by atoms with Gasteiger partial charge in [0.05, 0.1) is 6.61 Å². The molecular formula is C23H28O. The first-order valence-electron chi connectivity index (χ1n) is 9.12. The lowest BCUT2D eigenvalue weighted by molar-refractivity contribution is 0.102. The van der Waals surface area contributed by atoms with Crippen LogP contribution in [0.5, 0.6) is 0 Å². The summed E-state index contributed by atoms with van der Waals surface area (Å²) in [6.07, 6.45) is 6.96. The van der Waals surface area contributed by atoms with E-state index >= 15 is 0 Å². The second-order valence-corrected chi connectivity index (χ2v) is 7.03. The van der Waals surface area contributed by atoms with E-state index in [-0.39, 0.29) is 0 Å². The largest absolute Gasteiger partial charge is 0.377 e. The van der Waals surface area contributed by atoms with Gasteiger partial charge in [0.1, 0.15) is 0 Å². The molecule has 0 atom stereocenters. The van der Waals surface area contributed by atoms with Crippen molar-refractivity contribution in [2.75, 3.05) is 13.2 Å². The van der Waals surface area contributed by atoms with Crippen LogP contribution in [0.4, 0.5) is 0 Å². The van der Waals surface area contributed by atoms with Crippen LogP contribution in [0, 0.1) is 12.8 Å². The highest BCUT2D eigenvalue weighted by atomic mass is 16.5. The van der Waals surface area contributed by atoms with Crippen molar-refractivity contribution < 1.29 is 4.74 Å². The van der Waals surface area contributed by atoms with Crippen LogP contribution in [0.2, 0.25) is 0 Å². The molecular weight excluding hydrogens is 292 g/mol. The Morgan fingerprint density at radius 1 is 0.917 bits per heavy atom. The summed E-state index contributed by atoms with van der Waals surface area (Å²) in [6.45, 7) is 7.41. The maximum atomic E-state index is 5.62. The molecule has 1 fully saturated rings. The smallest absolute Gasteiger partial charge is 0.0644 e. The third-order valence-corrected chi connectivity index (χ3v) is 5.20. The average molecular weight is 320 g/mol. The van der Waals surface area contributed by atoms with Crippen LogP contribution >= 0.6 is 0 Å². The highest BCUT2D eigenvalue weighted by Crippen LogP contribution is 2.36. The van der Waals surface area contributed by atoms with Crippen molar-refractivity contribution in [1.82, 2.24) is 0 Å². The lowest BCUT2D eigenvalue weighted by Crippen LogP contribution is -2.18. The zero-order valence-electron chi connectivity index (χ0n) is 14.7. The van der Waals surface area contributed by atoms with Crippen molar-refractivity contribution in [2.45, 2.75) is 38.5 Å². The summed E-state index contributed by atoms with van der Waals surface area (Å²) in [5.74, 6) is 1.45. The Hall–Kier alpha value is -1.86. The minimum atomic E-state index is 0.681. The van der Waals surface area contributed by atoms with E-state index in [1.165, 1.54) is 47.9 Å². The molecule has 1 nitrogen and oxygen atoms in total. The van der Waals surface area contributed by atoms with Gasteiger partial charge in [0, 0.05) is 6.61 Å². The number of rotatable bonds is 6. The van der Waals surface area contributed by atoms with Gasteiger partial charge in [0.2, 0.25) is 0 Å². The van der Waals surface area contributed by atoms with E-state index in [9.17, 15) is 0 Å². The monoisotopic (exact) mass is 320 g/mol. The number of aryl methyl sites for hydroxylation is 1. The van der Waals surface area contributed by atoms with Crippen molar-refractivity contribution in [3.63, 3.8) is 0 Å². The van der Waals surface area contributed by atoms with Crippen molar-refractivity contribution in [1.29, 1.82) is 0 Å². The van der Waals surface area contributed by atoms with Gasteiger partial charge in [-0.1, -0.05) is 60.2 Å². The lowest BCUT2D eigenvalue weighted by Gasteiger charge is -2.28. The maximum absolute atomic E-state index is 5.62. The summed E-state index contributed by atoms with van der Waals surface area (Å²) in [5, 5.41) is 0. The second-order valence-electron chi connectivity index (χ2n) is 7.03. The van der Waals surface area contributed by atoms with E-state index in [2.05, 4.69) is 62.0 Å². The number of hydrogen-bond donors (Lipinski definition) is 0. The van der Waals surface area contributed by atoms with Gasteiger partial charge >= 0.3 is 0 Å². The number of benzene rings is 2. The molecule has 0 heterocycles. The van der Waals surface area contributed by atoms with Crippen molar-refractivity contribution in [3.05, 3.63) is 72.3 Å². The summed E-state index contributed by atoms with van der Waals surface area (Å²) in [7, 11) is 0. The Bertz CT molecular complexity index is 631. The van der Waals surface area contributed by atoms with Crippen LogP contribution in [0.1, 0.15) is 42.7 Å². The van der Waals surface area contributed by atoms with Gasteiger partial charge in [0.25, 0.3) is 0 Å². The van der Waals surface area contributed by atoms with E-state index in [4.69, 9.17) is 4.74 Å². The first kappa shape index (κ1) is 17.0. The van der Waals surface area contributed by atoms with Gasteiger partial charge in [-0.15, -0.1) is 6.58 Å². The first-order valence-corrected chi connectivity index (χ1v) is 9.12. The summed E-state index contributed by atoms with van der Waals surface area (Å²) >= 11 is 0. The Morgan fingerprint density at radius 2 is 1.50 bits per heavy atom. The van der Waals surface area contributed by atoms with Gasteiger partial charge in [0.15, 0.2) is 0 Å². The molecule has 0 radical (unpaired) electrons. The minimum absolute atomic E-state index is 0.681. The zero-order valence-corrected chi connectivity index (χ0v) is 14.7. The fraction of sp³-hybridized carbons (Fsp3) is 0.391. The molecule has 1 aliphatic carbocycles. The zero-order chi connectivity index (χ0) is 16.8. The summed E-state index contributed by atoms with van der Waals surface area (Å²) in [6, 6.07) is 18.0. The average Bonchev–Trinajstić information content (AvgIpc) is 2.63. The van der Waals surface area contributed by atoms with Crippen LogP contribution in [-0.4, -0.2) is 13.2 Å². The van der Waals surface area contributed by atoms with Crippen molar-refractivity contribution in [2.24, 2.45) is 5.92 Å². The molecule has 0 spiro atoms. The summed E-state index contributed by atoms with van der Waals surface area (Å²) < 4.78 is 5.62. The minimum Gasteiger partial charge on any atom is -0.377 e. The van der Waals surface area contributed by atoms with Crippen LogP contribution in [0.25, 0.3) is 11.1 Å². The molecule has 126 valence electrons.